The number of para-hydroxylation sites is 1. The van der Waals surface area contributed by atoms with E-state index in [2.05, 4.69) is 17.9 Å². The number of likely N-dealkylation sites (tertiary alicyclic amines) is 2. The van der Waals surface area contributed by atoms with E-state index in [4.69, 9.17) is 19.2 Å². The fraction of sp³-hybridized carbons (Fsp3) is 0.293. The van der Waals surface area contributed by atoms with Crippen LogP contribution in [0, 0.1) is 6.92 Å². The first-order chi connectivity index (χ1) is 25.6. The highest BCUT2D eigenvalue weighted by atomic mass is 32.2. The van der Waals surface area contributed by atoms with Crippen molar-refractivity contribution in [3.05, 3.63) is 110 Å². The van der Waals surface area contributed by atoms with Crippen LogP contribution in [0.1, 0.15) is 31.2 Å². The highest BCUT2D eigenvalue weighted by Gasteiger charge is 2.26. The smallest absolute Gasteiger partial charge is 0.261 e. The highest BCUT2D eigenvalue weighted by molar-refractivity contribution is 7.92. The molecular weight excluding hydrogens is 693 g/mol. The number of benzene rings is 3. The number of anilines is 1. The lowest BCUT2D eigenvalue weighted by Crippen LogP contribution is -2.41. The van der Waals surface area contributed by atoms with Crippen molar-refractivity contribution in [1.29, 1.82) is 0 Å². The molecule has 2 fully saturated rings. The summed E-state index contributed by atoms with van der Waals surface area (Å²) in [5.74, 6) is 1.54. The average molecular weight is 737 g/mol. The lowest BCUT2D eigenvalue weighted by molar-refractivity contribution is -0.128. The van der Waals surface area contributed by atoms with E-state index in [1.54, 1.807) is 65.6 Å². The highest BCUT2D eigenvalue weighted by Crippen LogP contribution is 2.39. The predicted molar refractivity (Wildman–Crippen MR) is 205 cm³/mol. The topological polar surface area (TPSA) is 127 Å². The van der Waals surface area contributed by atoms with E-state index in [0.29, 0.717) is 91.6 Å². The maximum Gasteiger partial charge on any atom is 0.261 e. The molecule has 1 N–H and O–H groups in total. The van der Waals surface area contributed by atoms with Crippen molar-refractivity contribution in [1.82, 2.24) is 14.8 Å². The van der Waals surface area contributed by atoms with Crippen LogP contribution in [0.5, 0.6) is 17.2 Å². The van der Waals surface area contributed by atoms with Gasteiger partial charge in [-0.3, -0.25) is 19.3 Å². The Labute approximate surface area is 310 Å². The molecule has 53 heavy (non-hydrogen) atoms. The molecule has 276 valence electrons. The quantitative estimate of drug-likeness (QED) is 0.160. The second-order valence-corrected chi connectivity index (χ2v) is 14.8. The van der Waals surface area contributed by atoms with Gasteiger partial charge in [0.15, 0.2) is 0 Å². The number of rotatable bonds is 12. The van der Waals surface area contributed by atoms with Crippen LogP contribution in [-0.2, 0) is 19.6 Å². The summed E-state index contributed by atoms with van der Waals surface area (Å²) >= 11 is 0. The molecule has 2 saturated heterocycles. The van der Waals surface area contributed by atoms with Crippen LogP contribution >= 0.6 is 0 Å². The third kappa shape index (κ3) is 8.72. The number of carbonyl (C=O) groups is 2. The first-order valence-corrected chi connectivity index (χ1v) is 19.1. The summed E-state index contributed by atoms with van der Waals surface area (Å²) in [6.45, 7) is 11.3. The predicted octanol–water partition coefficient (Wildman–Crippen LogP) is 6.65. The number of hydrogen-bond donors (Lipinski definition) is 1. The number of carbonyl (C=O) groups excluding carboxylic acids is 2. The summed E-state index contributed by atoms with van der Waals surface area (Å²) in [5.41, 5.74) is 3.91. The Morgan fingerprint density at radius 1 is 0.774 bits per heavy atom. The van der Waals surface area contributed by atoms with Gasteiger partial charge in [-0.25, -0.2) is 8.42 Å². The maximum atomic E-state index is 13.9. The van der Waals surface area contributed by atoms with Gasteiger partial charge >= 0.3 is 0 Å². The molecule has 0 aliphatic carbocycles. The second-order valence-electron chi connectivity index (χ2n) is 13.1. The summed E-state index contributed by atoms with van der Waals surface area (Å²) < 4.78 is 48.9. The zero-order chi connectivity index (χ0) is 37.5. The molecule has 0 bridgehead atoms. The molecule has 0 unspecified atom stereocenters. The zero-order valence-electron chi connectivity index (χ0n) is 30.0. The van der Waals surface area contributed by atoms with Gasteiger partial charge in [-0.15, -0.1) is 0 Å². The zero-order valence-corrected chi connectivity index (χ0v) is 30.8. The van der Waals surface area contributed by atoms with Crippen LogP contribution in [0.15, 0.2) is 109 Å². The number of nitrogens with one attached hydrogen (secondary N) is 1. The molecule has 0 atom stereocenters. The normalized spacial score (nSPS) is 15.4. The number of piperidine rings is 2. The molecule has 6 rings (SSSR count). The number of sulfonamides is 1. The van der Waals surface area contributed by atoms with E-state index in [1.807, 2.05) is 37.3 Å². The number of ether oxygens (including phenoxy) is 3. The van der Waals surface area contributed by atoms with E-state index >= 15 is 0 Å². The average Bonchev–Trinajstić information content (AvgIpc) is 3.18. The van der Waals surface area contributed by atoms with Crippen LogP contribution < -0.4 is 18.9 Å². The molecule has 0 radical (unpaired) electrons. The molecule has 2 aliphatic heterocycles. The fourth-order valence-corrected chi connectivity index (χ4v) is 7.74. The van der Waals surface area contributed by atoms with Gasteiger partial charge in [-0.1, -0.05) is 37.4 Å². The summed E-state index contributed by atoms with van der Waals surface area (Å²) in [5, 5.41) is 0. The van der Waals surface area contributed by atoms with Crippen LogP contribution in [0.4, 0.5) is 5.69 Å². The molecule has 0 saturated carbocycles. The first kappa shape index (κ1) is 37.1. The van der Waals surface area contributed by atoms with E-state index < -0.39 is 10.0 Å². The number of methoxy groups -OCH3 is 1. The minimum Gasteiger partial charge on any atom is -0.496 e. The molecule has 0 spiro atoms. The van der Waals surface area contributed by atoms with Crippen molar-refractivity contribution in [2.75, 3.05) is 38.0 Å². The SMILES string of the molecule is C=CC(=O)N1CCC(Oc2cccc(NS(=O)(=O)c3ccc(C)c(-c4cnc(-c5ccccc5OC)cc4OC4CCN(C(=O)C=C)CC4)c3)c2)CC1. The Balaban J connectivity index is 1.26. The van der Waals surface area contributed by atoms with Gasteiger partial charge in [0.2, 0.25) is 11.8 Å². The summed E-state index contributed by atoms with van der Waals surface area (Å²) in [6.07, 6.45) is 6.64. The molecule has 3 aromatic carbocycles. The third-order valence-corrected chi connectivity index (χ3v) is 11.0. The van der Waals surface area contributed by atoms with Gasteiger partial charge in [-0.2, -0.15) is 0 Å². The molecule has 12 heteroatoms. The van der Waals surface area contributed by atoms with Crippen molar-refractivity contribution in [2.45, 2.75) is 49.7 Å². The minimum absolute atomic E-state index is 0.0691. The first-order valence-electron chi connectivity index (χ1n) is 17.6. The maximum absolute atomic E-state index is 13.9. The van der Waals surface area contributed by atoms with E-state index in [1.165, 1.54) is 12.2 Å². The summed E-state index contributed by atoms with van der Waals surface area (Å²) in [6, 6.07) is 21.3. The lowest BCUT2D eigenvalue weighted by atomic mass is 9.99. The largest absolute Gasteiger partial charge is 0.496 e. The molecule has 2 amide bonds. The van der Waals surface area contributed by atoms with Gasteiger partial charge in [0.25, 0.3) is 10.0 Å². The van der Waals surface area contributed by atoms with Crippen molar-refractivity contribution < 1.29 is 32.2 Å². The Hall–Kier alpha value is -5.62. The molecule has 1 aromatic heterocycles. The van der Waals surface area contributed by atoms with Crippen LogP contribution in [0.3, 0.4) is 0 Å². The van der Waals surface area contributed by atoms with Crippen molar-refractivity contribution in [2.24, 2.45) is 0 Å². The Morgan fingerprint density at radius 2 is 1.42 bits per heavy atom. The monoisotopic (exact) mass is 736 g/mol. The van der Waals surface area contributed by atoms with Crippen molar-refractivity contribution >= 4 is 27.5 Å². The number of amides is 2. The summed E-state index contributed by atoms with van der Waals surface area (Å²) in [4.78, 5) is 32.5. The summed E-state index contributed by atoms with van der Waals surface area (Å²) in [7, 11) is -2.42. The minimum atomic E-state index is -4.03. The number of aryl methyl sites for hydroxylation is 1. The number of pyridine rings is 1. The van der Waals surface area contributed by atoms with Crippen molar-refractivity contribution in [3.8, 4) is 39.6 Å². The van der Waals surface area contributed by atoms with Crippen LogP contribution in [-0.4, -0.2) is 80.5 Å². The van der Waals surface area contributed by atoms with Gasteiger partial charge in [-0.05, 0) is 66.6 Å². The fourth-order valence-electron chi connectivity index (χ4n) is 6.66. The number of hydrogen-bond acceptors (Lipinski definition) is 8. The number of aromatic nitrogens is 1. The Morgan fingerprint density at radius 3 is 2.06 bits per heavy atom. The van der Waals surface area contributed by atoms with Gasteiger partial charge in [0, 0.05) is 81.3 Å². The molecule has 2 aliphatic rings. The molecule has 3 heterocycles. The molecular formula is C41H44N4O7S. The van der Waals surface area contributed by atoms with Gasteiger partial charge in [0.1, 0.15) is 29.5 Å². The second kappa shape index (κ2) is 16.4. The lowest BCUT2D eigenvalue weighted by Gasteiger charge is -2.32. The van der Waals surface area contributed by atoms with E-state index in [-0.39, 0.29) is 28.9 Å². The van der Waals surface area contributed by atoms with Crippen LogP contribution in [0.25, 0.3) is 22.4 Å². The Kier molecular flexibility index (Phi) is 11.5. The van der Waals surface area contributed by atoms with Gasteiger partial charge in [0.05, 0.1) is 23.4 Å². The molecule has 4 aromatic rings. The van der Waals surface area contributed by atoms with E-state index in [0.717, 1.165) is 11.1 Å². The number of nitrogens with zero attached hydrogens (tertiary/aromatic N) is 3. The van der Waals surface area contributed by atoms with Gasteiger partial charge < -0.3 is 24.0 Å². The van der Waals surface area contributed by atoms with Crippen molar-refractivity contribution in [3.63, 3.8) is 0 Å². The standard InChI is InChI=1S/C41H44N4O7S/c1-5-40(46)44-20-16-30(17-21-44)51-32-11-9-10-29(24-32)43-53(48,49)33-15-14-28(3)35(25-33)36-27-42-37(34-12-7-8-13-38(34)50-4)26-39(36)52-31-18-22-45(23-19-31)41(47)6-2/h5-15,24-27,30-31,43H,1-2,16-23H2,3-4H3. The molecule has 11 nitrogen and oxygen atoms in total. The van der Waals surface area contributed by atoms with E-state index in [9.17, 15) is 18.0 Å². The third-order valence-electron chi connectivity index (χ3n) is 9.60. The Bertz CT molecular complexity index is 2100. The van der Waals surface area contributed by atoms with Crippen LogP contribution in [0.2, 0.25) is 0 Å².